The molecule has 0 radical (unpaired) electrons. The number of hydrogen-bond donors (Lipinski definition) is 4. The van der Waals surface area contributed by atoms with Crippen LogP contribution in [0.25, 0.3) is 0 Å². The van der Waals surface area contributed by atoms with Gasteiger partial charge in [-0.2, -0.15) is 8.42 Å². The maximum absolute atomic E-state index is 8.74. The van der Waals surface area contributed by atoms with Crippen LogP contribution in [0.1, 0.15) is 0 Å². The van der Waals surface area contributed by atoms with Gasteiger partial charge >= 0.3 is 10.4 Å². The van der Waals surface area contributed by atoms with Gasteiger partial charge in [-0.1, -0.05) is 0 Å². The van der Waals surface area contributed by atoms with Crippen LogP contribution in [-0.4, -0.2) is 31.6 Å². The molecule has 6 nitrogen and oxygen atoms in total. The van der Waals surface area contributed by atoms with Crippen molar-refractivity contribution >= 4 is 21.8 Å². The lowest BCUT2D eigenvalue weighted by Gasteiger charge is -2.01. The van der Waals surface area contributed by atoms with Crippen molar-refractivity contribution < 1.29 is 17.5 Å². The van der Waals surface area contributed by atoms with Crippen LogP contribution < -0.4 is 10.6 Å². The van der Waals surface area contributed by atoms with Crippen molar-refractivity contribution in [3.63, 3.8) is 0 Å². The molecule has 0 atom stereocenters. The van der Waals surface area contributed by atoms with E-state index in [1.54, 1.807) is 0 Å². The fourth-order valence-electron chi connectivity index (χ4n) is 0.804. The van der Waals surface area contributed by atoms with Crippen LogP contribution in [-0.2, 0) is 10.4 Å². The topological polar surface area (TPSA) is 98.7 Å². The standard InChI is InChI=1S/C8H12N2.H2O4S/c1-9-7-3-5-8(10-2)6-4-7;1-5(2,3)4/h3-6,9-10H,1-2H3;(H2,1,2,3,4). The molecule has 0 amide bonds. The molecule has 1 rings (SSSR count). The van der Waals surface area contributed by atoms with Gasteiger partial charge in [0, 0.05) is 25.5 Å². The summed E-state index contributed by atoms with van der Waals surface area (Å²) < 4.78 is 31.6. The Hall–Kier alpha value is -1.31. The Bertz CT molecular complexity index is 343. The Balaban J connectivity index is 0.000000336. The molecule has 1 aromatic rings. The van der Waals surface area contributed by atoms with Crippen molar-refractivity contribution in [3.8, 4) is 0 Å². The van der Waals surface area contributed by atoms with Crippen molar-refractivity contribution in [2.24, 2.45) is 0 Å². The minimum Gasteiger partial charge on any atom is -0.388 e. The Morgan fingerprint density at radius 2 is 1.13 bits per heavy atom. The first-order valence-corrected chi connectivity index (χ1v) is 5.42. The van der Waals surface area contributed by atoms with E-state index in [0.29, 0.717) is 0 Å². The monoisotopic (exact) mass is 234 g/mol. The number of rotatable bonds is 2. The van der Waals surface area contributed by atoms with E-state index in [2.05, 4.69) is 10.6 Å². The van der Waals surface area contributed by atoms with Gasteiger partial charge in [0.1, 0.15) is 0 Å². The number of hydrogen-bond acceptors (Lipinski definition) is 4. The summed E-state index contributed by atoms with van der Waals surface area (Å²) in [5, 5.41) is 6.10. The molecule has 0 aromatic heterocycles. The number of nitrogens with one attached hydrogen (secondary N) is 2. The van der Waals surface area contributed by atoms with Gasteiger partial charge in [-0.25, -0.2) is 0 Å². The van der Waals surface area contributed by atoms with Crippen molar-refractivity contribution in [2.45, 2.75) is 0 Å². The fourth-order valence-corrected chi connectivity index (χ4v) is 0.804. The summed E-state index contributed by atoms with van der Waals surface area (Å²) in [7, 11) is -0.844. The molecular formula is C8H14N2O4S. The smallest absolute Gasteiger partial charge is 0.388 e. The van der Waals surface area contributed by atoms with Crippen LogP contribution in [0, 0.1) is 0 Å². The predicted molar refractivity (Wildman–Crippen MR) is 59.7 cm³/mol. The molecule has 7 heteroatoms. The van der Waals surface area contributed by atoms with Crippen molar-refractivity contribution in [1.82, 2.24) is 0 Å². The van der Waals surface area contributed by atoms with E-state index >= 15 is 0 Å². The number of anilines is 2. The molecule has 0 fully saturated rings. The predicted octanol–water partition coefficient (Wildman–Crippen LogP) is 1.12. The summed E-state index contributed by atoms with van der Waals surface area (Å²) in [6, 6.07) is 8.13. The van der Waals surface area contributed by atoms with Gasteiger partial charge < -0.3 is 10.6 Å². The van der Waals surface area contributed by atoms with Gasteiger partial charge in [-0.15, -0.1) is 0 Å². The molecule has 0 aliphatic rings. The van der Waals surface area contributed by atoms with Crippen molar-refractivity contribution in [2.75, 3.05) is 24.7 Å². The summed E-state index contributed by atoms with van der Waals surface area (Å²) in [5.74, 6) is 0. The van der Waals surface area contributed by atoms with Crippen LogP contribution in [0.2, 0.25) is 0 Å². The zero-order valence-corrected chi connectivity index (χ0v) is 9.25. The highest BCUT2D eigenvalue weighted by Crippen LogP contribution is 2.11. The summed E-state index contributed by atoms with van der Waals surface area (Å²) in [4.78, 5) is 0. The molecule has 0 unspecified atom stereocenters. The third kappa shape index (κ3) is 9.01. The maximum atomic E-state index is 8.74. The lowest BCUT2D eigenvalue weighted by Crippen LogP contribution is -1.89. The Kier molecular flexibility index (Phi) is 5.68. The average molecular weight is 234 g/mol. The zero-order chi connectivity index (χ0) is 11.9. The molecule has 4 N–H and O–H groups in total. The molecule has 0 bridgehead atoms. The Labute approximate surface area is 88.9 Å². The second kappa shape index (κ2) is 6.23. The van der Waals surface area contributed by atoms with E-state index in [1.165, 1.54) is 0 Å². The molecule has 0 saturated carbocycles. The van der Waals surface area contributed by atoms with Crippen LogP contribution in [0.15, 0.2) is 24.3 Å². The van der Waals surface area contributed by atoms with Gasteiger partial charge in [-0.05, 0) is 24.3 Å². The highest BCUT2D eigenvalue weighted by molar-refractivity contribution is 7.79. The molecule has 0 heterocycles. The van der Waals surface area contributed by atoms with Crippen LogP contribution in [0.5, 0.6) is 0 Å². The van der Waals surface area contributed by atoms with E-state index in [9.17, 15) is 0 Å². The van der Waals surface area contributed by atoms with Gasteiger partial charge in [-0.3, -0.25) is 9.11 Å². The quantitative estimate of drug-likeness (QED) is 0.572. The zero-order valence-electron chi connectivity index (χ0n) is 8.43. The van der Waals surface area contributed by atoms with E-state index < -0.39 is 10.4 Å². The second-order valence-corrected chi connectivity index (χ2v) is 3.42. The average Bonchev–Trinajstić information content (AvgIpc) is 2.15. The van der Waals surface area contributed by atoms with E-state index in [1.807, 2.05) is 38.4 Å². The Morgan fingerprint density at radius 1 is 0.933 bits per heavy atom. The molecule has 0 saturated heterocycles. The third-order valence-corrected chi connectivity index (χ3v) is 1.46. The third-order valence-electron chi connectivity index (χ3n) is 1.46. The lowest BCUT2D eigenvalue weighted by atomic mass is 10.3. The minimum absolute atomic E-state index is 1.14. The Morgan fingerprint density at radius 3 is 1.27 bits per heavy atom. The SMILES string of the molecule is CNc1ccc(NC)cc1.O=S(=O)(O)O. The van der Waals surface area contributed by atoms with Crippen LogP contribution in [0.3, 0.4) is 0 Å². The molecular weight excluding hydrogens is 220 g/mol. The molecule has 0 spiro atoms. The summed E-state index contributed by atoms with van der Waals surface area (Å²) >= 11 is 0. The van der Waals surface area contributed by atoms with Crippen molar-refractivity contribution in [3.05, 3.63) is 24.3 Å². The highest BCUT2D eigenvalue weighted by Gasteiger charge is 1.86. The fraction of sp³-hybridized carbons (Fsp3) is 0.250. The number of benzene rings is 1. The highest BCUT2D eigenvalue weighted by atomic mass is 32.3. The molecule has 86 valence electrons. The maximum Gasteiger partial charge on any atom is 0.394 e. The molecule has 0 aliphatic carbocycles. The van der Waals surface area contributed by atoms with E-state index in [0.717, 1.165) is 11.4 Å². The van der Waals surface area contributed by atoms with Crippen LogP contribution in [0.4, 0.5) is 11.4 Å². The van der Waals surface area contributed by atoms with Gasteiger partial charge in [0.15, 0.2) is 0 Å². The van der Waals surface area contributed by atoms with Gasteiger partial charge in [0.25, 0.3) is 0 Å². The summed E-state index contributed by atoms with van der Waals surface area (Å²) in [6.07, 6.45) is 0. The second-order valence-electron chi connectivity index (χ2n) is 2.53. The first-order valence-electron chi connectivity index (χ1n) is 4.02. The van der Waals surface area contributed by atoms with Gasteiger partial charge in [0.05, 0.1) is 0 Å². The molecule has 0 aliphatic heterocycles. The van der Waals surface area contributed by atoms with Crippen molar-refractivity contribution in [1.29, 1.82) is 0 Å². The largest absolute Gasteiger partial charge is 0.394 e. The first kappa shape index (κ1) is 13.7. The molecule has 1 aromatic carbocycles. The first-order chi connectivity index (χ1) is 6.86. The van der Waals surface area contributed by atoms with E-state index in [-0.39, 0.29) is 0 Å². The lowest BCUT2D eigenvalue weighted by molar-refractivity contribution is 0.381. The minimum atomic E-state index is -4.67. The summed E-state index contributed by atoms with van der Waals surface area (Å²) in [5.41, 5.74) is 2.28. The summed E-state index contributed by atoms with van der Waals surface area (Å²) in [6.45, 7) is 0. The van der Waals surface area contributed by atoms with Gasteiger partial charge in [0.2, 0.25) is 0 Å². The normalized spacial score (nSPS) is 9.87. The van der Waals surface area contributed by atoms with Crippen LogP contribution >= 0.6 is 0 Å². The van der Waals surface area contributed by atoms with E-state index in [4.69, 9.17) is 17.5 Å². The molecule has 15 heavy (non-hydrogen) atoms.